The maximum atomic E-state index is 4.47. The summed E-state index contributed by atoms with van der Waals surface area (Å²) >= 11 is 0. The van der Waals surface area contributed by atoms with E-state index in [0.29, 0.717) is 12.5 Å². The van der Waals surface area contributed by atoms with E-state index in [1.165, 1.54) is 0 Å². The van der Waals surface area contributed by atoms with Crippen LogP contribution >= 0.6 is 0 Å². The molecule has 0 saturated heterocycles. The average Bonchev–Trinajstić information content (AvgIpc) is 2.38. The van der Waals surface area contributed by atoms with Crippen LogP contribution in [0.15, 0.2) is 30.7 Å². The quantitative estimate of drug-likeness (QED) is 0.888. The molecule has 0 bridgehead atoms. The third kappa shape index (κ3) is 2.94. The number of aryl methyl sites for hydroxylation is 1. The third-order valence-corrected chi connectivity index (χ3v) is 2.54. The van der Waals surface area contributed by atoms with Crippen molar-refractivity contribution in [2.45, 2.75) is 13.5 Å². The van der Waals surface area contributed by atoms with E-state index in [2.05, 4.69) is 20.3 Å². The molecular formula is C13H17N5. The number of anilines is 2. The Hall–Kier alpha value is -2.17. The zero-order chi connectivity index (χ0) is 13.0. The topological polar surface area (TPSA) is 53.9 Å². The molecule has 2 aromatic heterocycles. The monoisotopic (exact) mass is 243 g/mol. The maximum absolute atomic E-state index is 4.47. The minimum absolute atomic E-state index is 0.633. The molecule has 0 aromatic carbocycles. The first-order valence-corrected chi connectivity index (χ1v) is 5.80. The Kier molecular flexibility index (Phi) is 3.72. The van der Waals surface area contributed by atoms with Gasteiger partial charge in [-0.1, -0.05) is 6.07 Å². The number of nitrogens with zero attached hydrogens (tertiary/aromatic N) is 4. The summed E-state index contributed by atoms with van der Waals surface area (Å²) in [4.78, 5) is 14.8. The van der Waals surface area contributed by atoms with Gasteiger partial charge in [0, 0.05) is 44.8 Å². The van der Waals surface area contributed by atoms with Gasteiger partial charge in [0.1, 0.15) is 5.82 Å². The minimum Gasteiger partial charge on any atom is -0.362 e. The van der Waals surface area contributed by atoms with Gasteiger partial charge in [-0.2, -0.15) is 4.98 Å². The van der Waals surface area contributed by atoms with Gasteiger partial charge < -0.3 is 10.2 Å². The number of hydrogen-bond donors (Lipinski definition) is 1. The molecule has 0 amide bonds. The van der Waals surface area contributed by atoms with Crippen LogP contribution in [-0.2, 0) is 6.54 Å². The van der Waals surface area contributed by atoms with Crippen LogP contribution in [0.1, 0.15) is 11.1 Å². The summed E-state index contributed by atoms with van der Waals surface area (Å²) in [5.41, 5.74) is 2.17. The van der Waals surface area contributed by atoms with Crippen LogP contribution in [0.3, 0.4) is 0 Å². The number of rotatable bonds is 4. The lowest BCUT2D eigenvalue weighted by molar-refractivity contribution is 0.987. The summed E-state index contributed by atoms with van der Waals surface area (Å²) in [6.07, 6.45) is 5.41. The highest BCUT2D eigenvalue weighted by Gasteiger charge is 2.05. The normalized spacial score (nSPS) is 10.2. The molecule has 5 nitrogen and oxygen atoms in total. The van der Waals surface area contributed by atoms with Crippen LogP contribution < -0.4 is 10.2 Å². The van der Waals surface area contributed by atoms with Gasteiger partial charge >= 0.3 is 0 Å². The molecule has 0 spiro atoms. The molecule has 5 heteroatoms. The summed E-state index contributed by atoms with van der Waals surface area (Å²) in [7, 11) is 3.94. The van der Waals surface area contributed by atoms with Crippen LogP contribution in [0.4, 0.5) is 11.8 Å². The molecule has 94 valence electrons. The second-order valence-electron chi connectivity index (χ2n) is 4.31. The fourth-order valence-corrected chi connectivity index (χ4v) is 1.65. The third-order valence-electron chi connectivity index (χ3n) is 2.54. The van der Waals surface area contributed by atoms with Crippen molar-refractivity contribution >= 4 is 11.8 Å². The molecule has 1 N–H and O–H groups in total. The molecule has 0 atom stereocenters. The standard InChI is InChI=1S/C13H17N5/c1-10-7-15-13(17-12(10)18(2)3)16-9-11-5-4-6-14-8-11/h4-8H,9H2,1-3H3,(H,15,16,17). The molecule has 0 aliphatic heterocycles. The Morgan fingerprint density at radius 2 is 2.11 bits per heavy atom. The van der Waals surface area contributed by atoms with Gasteiger partial charge in [-0.3, -0.25) is 4.98 Å². The molecular weight excluding hydrogens is 226 g/mol. The molecule has 0 saturated carbocycles. The van der Waals surface area contributed by atoms with Gasteiger partial charge in [0.05, 0.1) is 0 Å². The van der Waals surface area contributed by atoms with Crippen molar-refractivity contribution in [2.24, 2.45) is 0 Å². The maximum Gasteiger partial charge on any atom is 0.224 e. The zero-order valence-corrected chi connectivity index (χ0v) is 10.9. The number of nitrogens with one attached hydrogen (secondary N) is 1. The molecule has 0 aliphatic carbocycles. The van der Waals surface area contributed by atoms with Crippen LogP contribution in [-0.4, -0.2) is 29.0 Å². The molecule has 2 rings (SSSR count). The van der Waals surface area contributed by atoms with Crippen molar-refractivity contribution in [3.05, 3.63) is 41.9 Å². The van der Waals surface area contributed by atoms with E-state index in [1.54, 1.807) is 6.20 Å². The molecule has 18 heavy (non-hydrogen) atoms. The summed E-state index contributed by atoms with van der Waals surface area (Å²) in [5, 5.41) is 3.19. The average molecular weight is 243 g/mol. The molecule has 0 unspecified atom stereocenters. The summed E-state index contributed by atoms with van der Waals surface area (Å²) < 4.78 is 0. The van der Waals surface area contributed by atoms with E-state index in [-0.39, 0.29) is 0 Å². The highest BCUT2D eigenvalue weighted by atomic mass is 15.2. The fraction of sp³-hybridized carbons (Fsp3) is 0.308. The van der Waals surface area contributed by atoms with Crippen LogP contribution in [0.25, 0.3) is 0 Å². The lowest BCUT2D eigenvalue weighted by Crippen LogP contribution is -2.14. The van der Waals surface area contributed by atoms with Crippen molar-refractivity contribution < 1.29 is 0 Å². The van der Waals surface area contributed by atoms with Crippen molar-refractivity contribution in [3.8, 4) is 0 Å². The molecule has 0 fully saturated rings. The summed E-state index contributed by atoms with van der Waals surface area (Å²) in [6, 6.07) is 3.93. The predicted molar refractivity (Wildman–Crippen MR) is 72.7 cm³/mol. The first-order chi connectivity index (χ1) is 8.66. The zero-order valence-electron chi connectivity index (χ0n) is 10.9. The van der Waals surface area contributed by atoms with E-state index in [4.69, 9.17) is 0 Å². The fourth-order valence-electron chi connectivity index (χ4n) is 1.65. The van der Waals surface area contributed by atoms with Crippen molar-refractivity contribution in [1.29, 1.82) is 0 Å². The van der Waals surface area contributed by atoms with E-state index >= 15 is 0 Å². The van der Waals surface area contributed by atoms with Gasteiger partial charge in [0.2, 0.25) is 5.95 Å². The largest absolute Gasteiger partial charge is 0.362 e. The lowest BCUT2D eigenvalue weighted by Gasteiger charge is -2.15. The Balaban J connectivity index is 2.08. The summed E-state index contributed by atoms with van der Waals surface area (Å²) in [5.74, 6) is 1.56. The number of aromatic nitrogens is 3. The van der Waals surface area contributed by atoms with Crippen molar-refractivity contribution in [3.63, 3.8) is 0 Å². The van der Waals surface area contributed by atoms with Gasteiger partial charge in [0.25, 0.3) is 0 Å². The molecule has 0 aliphatic rings. The Morgan fingerprint density at radius 1 is 1.28 bits per heavy atom. The Bertz CT molecular complexity index is 510. The lowest BCUT2D eigenvalue weighted by atomic mass is 10.3. The predicted octanol–water partition coefficient (Wildman–Crippen LogP) is 1.86. The number of hydrogen-bond acceptors (Lipinski definition) is 5. The Morgan fingerprint density at radius 3 is 2.78 bits per heavy atom. The van der Waals surface area contributed by atoms with Crippen molar-refractivity contribution in [2.75, 3.05) is 24.3 Å². The van der Waals surface area contributed by atoms with Gasteiger partial charge in [0.15, 0.2) is 0 Å². The smallest absolute Gasteiger partial charge is 0.224 e. The van der Waals surface area contributed by atoms with Gasteiger partial charge in [-0.25, -0.2) is 4.98 Å². The molecule has 0 radical (unpaired) electrons. The van der Waals surface area contributed by atoms with E-state index in [9.17, 15) is 0 Å². The first kappa shape index (κ1) is 12.3. The highest BCUT2D eigenvalue weighted by Crippen LogP contribution is 2.15. The van der Waals surface area contributed by atoms with Crippen LogP contribution in [0.5, 0.6) is 0 Å². The first-order valence-electron chi connectivity index (χ1n) is 5.80. The minimum atomic E-state index is 0.633. The van der Waals surface area contributed by atoms with E-state index < -0.39 is 0 Å². The molecule has 2 aromatic rings. The van der Waals surface area contributed by atoms with Crippen LogP contribution in [0.2, 0.25) is 0 Å². The van der Waals surface area contributed by atoms with Crippen LogP contribution in [0, 0.1) is 6.92 Å². The van der Waals surface area contributed by atoms with E-state index in [1.807, 2.05) is 50.4 Å². The highest BCUT2D eigenvalue weighted by molar-refractivity contribution is 5.47. The van der Waals surface area contributed by atoms with Gasteiger partial charge in [-0.15, -0.1) is 0 Å². The molecule has 2 heterocycles. The SMILES string of the molecule is Cc1cnc(NCc2cccnc2)nc1N(C)C. The summed E-state index contributed by atoms with van der Waals surface area (Å²) in [6.45, 7) is 2.67. The second kappa shape index (κ2) is 5.44. The van der Waals surface area contributed by atoms with Gasteiger partial charge in [-0.05, 0) is 18.6 Å². The Labute approximate surface area is 107 Å². The second-order valence-corrected chi connectivity index (χ2v) is 4.31. The van der Waals surface area contributed by atoms with Crippen molar-refractivity contribution in [1.82, 2.24) is 15.0 Å². The number of pyridine rings is 1. The van der Waals surface area contributed by atoms with E-state index in [0.717, 1.165) is 16.9 Å².